The van der Waals surface area contributed by atoms with Gasteiger partial charge in [0.2, 0.25) is 0 Å². The fourth-order valence-corrected chi connectivity index (χ4v) is 3.38. The standard InChI is InChI=1S/C18H25N3O/c1-18(2,3)16-13(7-6-10-22-16)11-19-17-14-8-4-5-9-15(14)20-12-21-17/h4-5,8-9,12-13,16H,6-7,10-11H2,1-3H3,(H,19,20,21). The molecular weight excluding hydrogens is 274 g/mol. The van der Waals surface area contributed by atoms with Crippen LogP contribution in [-0.2, 0) is 4.74 Å². The van der Waals surface area contributed by atoms with E-state index in [1.807, 2.05) is 18.2 Å². The Hall–Kier alpha value is -1.68. The quantitative estimate of drug-likeness (QED) is 0.934. The Balaban J connectivity index is 1.75. The maximum absolute atomic E-state index is 6.06. The van der Waals surface area contributed by atoms with Crippen LogP contribution in [0.15, 0.2) is 30.6 Å². The lowest BCUT2D eigenvalue weighted by Crippen LogP contribution is -2.42. The van der Waals surface area contributed by atoms with Crippen LogP contribution >= 0.6 is 0 Å². The van der Waals surface area contributed by atoms with Crippen molar-refractivity contribution in [2.24, 2.45) is 11.3 Å². The van der Waals surface area contributed by atoms with Gasteiger partial charge < -0.3 is 10.1 Å². The molecule has 0 saturated carbocycles. The first-order chi connectivity index (χ1) is 10.6. The zero-order chi connectivity index (χ0) is 15.6. The molecule has 22 heavy (non-hydrogen) atoms. The molecule has 1 fully saturated rings. The molecular formula is C18H25N3O. The molecule has 1 N–H and O–H groups in total. The molecule has 3 rings (SSSR count). The molecule has 0 aliphatic carbocycles. The summed E-state index contributed by atoms with van der Waals surface area (Å²) >= 11 is 0. The molecule has 0 radical (unpaired) electrons. The predicted octanol–water partition coefficient (Wildman–Crippen LogP) is 3.88. The third-order valence-electron chi connectivity index (χ3n) is 4.37. The van der Waals surface area contributed by atoms with Gasteiger partial charge in [-0.05, 0) is 30.4 Å². The highest BCUT2D eigenvalue weighted by Gasteiger charge is 2.35. The molecule has 0 spiro atoms. The van der Waals surface area contributed by atoms with E-state index in [4.69, 9.17) is 4.74 Å². The lowest BCUT2D eigenvalue weighted by molar-refractivity contribution is -0.0814. The molecule has 1 aliphatic rings. The molecule has 4 heteroatoms. The van der Waals surface area contributed by atoms with Crippen LogP contribution in [0.4, 0.5) is 5.82 Å². The summed E-state index contributed by atoms with van der Waals surface area (Å²) in [5, 5.41) is 4.61. The fraction of sp³-hybridized carbons (Fsp3) is 0.556. The van der Waals surface area contributed by atoms with Crippen molar-refractivity contribution in [3.05, 3.63) is 30.6 Å². The number of fused-ring (bicyclic) bond motifs is 1. The maximum atomic E-state index is 6.06. The van der Waals surface area contributed by atoms with E-state index in [0.29, 0.717) is 12.0 Å². The predicted molar refractivity (Wildman–Crippen MR) is 89.9 cm³/mol. The van der Waals surface area contributed by atoms with Gasteiger partial charge in [0.15, 0.2) is 0 Å². The highest BCUT2D eigenvalue weighted by molar-refractivity contribution is 5.88. The minimum atomic E-state index is 0.167. The first-order valence-corrected chi connectivity index (χ1v) is 8.11. The average Bonchev–Trinajstić information content (AvgIpc) is 2.52. The second-order valence-corrected chi connectivity index (χ2v) is 7.18. The Labute approximate surface area is 132 Å². The Morgan fingerprint density at radius 1 is 1.23 bits per heavy atom. The topological polar surface area (TPSA) is 47.0 Å². The van der Waals surface area contributed by atoms with Crippen LogP contribution in [0.1, 0.15) is 33.6 Å². The van der Waals surface area contributed by atoms with Gasteiger partial charge >= 0.3 is 0 Å². The SMILES string of the molecule is CC(C)(C)C1OCCCC1CNc1ncnc2ccccc12. The number of para-hydroxylation sites is 1. The molecule has 4 nitrogen and oxygen atoms in total. The highest BCUT2D eigenvalue weighted by atomic mass is 16.5. The minimum Gasteiger partial charge on any atom is -0.377 e. The number of benzene rings is 1. The summed E-state index contributed by atoms with van der Waals surface area (Å²) in [4.78, 5) is 8.73. The van der Waals surface area contributed by atoms with E-state index in [1.165, 1.54) is 6.42 Å². The second kappa shape index (κ2) is 6.21. The van der Waals surface area contributed by atoms with E-state index in [2.05, 4.69) is 42.1 Å². The number of anilines is 1. The number of hydrogen-bond donors (Lipinski definition) is 1. The van der Waals surface area contributed by atoms with E-state index >= 15 is 0 Å². The lowest BCUT2D eigenvalue weighted by atomic mass is 9.78. The van der Waals surface area contributed by atoms with Crippen molar-refractivity contribution in [3.8, 4) is 0 Å². The first-order valence-electron chi connectivity index (χ1n) is 8.11. The van der Waals surface area contributed by atoms with Gasteiger partial charge in [0, 0.05) is 24.5 Å². The van der Waals surface area contributed by atoms with Gasteiger partial charge in [0.25, 0.3) is 0 Å². The van der Waals surface area contributed by atoms with Crippen LogP contribution in [0.2, 0.25) is 0 Å². The molecule has 0 amide bonds. The molecule has 1 aromatic heterocycles. The summed E-state index contributed by atoms with van der Waals surface area (Å²) < 4.78 is 6.06. The van der Waals surface area contributed by atoms with E-state index < -0.39 is 0 Å². The van der Waals surface area contributed by atoms with Crippen molar-refractivity contribution in [1.29, 1.82) is 0 Å². The van der Waals surface area contributed by atoms with Crippen LogP contribution in [-0.4, -0.2) is 29.2 Å². The number of rotatable bonds is 3. The normalized spacial score (nSPS) is 22.7. The molecule has 2 atom stereocenters. The third-order valence-corrected chi connectivity index (χ3v) is 4.37. The van der Waals surface area contributed by atoms with Crippen molar-refractivity contribution in [3.63, 3.8) is 0 Å². The molecule has 0 bridgehead atoms. The number of ether oxygens (including phenoxy) is 1. The molecule has 1 aliphatic heterocycles. The van der Waals surface area contributed by atoms with Crippen molar-refractivity contribution >= 4 is 16.7 Å². The summed E-state index contributed by atoms with van der Waals surface area (Å²) in [6, 6.07) is 8.11. The average molecular weight is 299 g/mol. The summed E-state index contributed by atoms with van der Waals surface area (Å²) in [7, 11) is 0. The fourth-order valence-electron chi connectivity index (χ4n) is 3.38. The van der Waals surface area contributed by atoms with Gasteiger partial charge in [0.05, 0.1) is 11.6 Å². The molecule has 118 valence electrons. The van der Waals surface area contributed by atoms with Gasteiger partial charge in [-0.25, -0.2) is 9.97 Å². The van der Waals surface area contributed by atoms with Crippen LogP contribution in [0, 0.1) is 11.3 Å². The molecule has 2 aromatic rings. The molecule has 1 saturated heterocycles. The molecule has 2 heterocycles. The van der Waals surface area contributed by atoms with E-state index in [-0.39, 0.29) is 5.41 Å². The number of nitrogens with zero attached hydrogens (tertiary/aromatic N) is 2. The van der Waals surface area contributed by atoms with Crippen molar-refractivity contribution in [2.45, 2.75) is 39.7 Å². The zero-order valence-electron chi connectivity index (χ0n) is 13.7. The maximum Gasteiger partial charge on any atom is 0.137 e. The van der Waals surface area contributed by atoms with Crippen molar-refractivity contribution in [1.82, 2.24) is 9.97 Å². The van der Waals surface area contributed by atoms with Gasteiger partial charge in [-0.3, -0.25) is 0 Å². The highest BCUT2D eigenvalue weighted by Crippen LogP contribution is 2.34. The Bertz CT molecular complexity index is 630. The van der Waals surface area contributed by atoms with Crippen LogP contribution in [0.5, 0.6) is 0 Å². The van der Waals surface area contributed by atoms with E-state index in [0.717, 1.165) is 36.3 Å². The van der Waals surface area contributed by atoms with Crippen LogP contribution in [0.25, 0.3) is 10.9 Å². The van der Waals surface area contributed by atoms with Gasteiger partial charge in [0.1, 0.15) is 12.1 Å². The molecule has 2 unspecified atom stereocenters. The van der Waals surface area contributed by atoms with Crippen LogP contribution < -0.4 is 5.32 Å². The van der Waals surface area contributed by atoms with E-state index in [9.17, 15) is 0 Å². The zero-order valence-corrected chi connectivity index (χ0v) is 13.7. The Morgan fingerprint density at radius 2 is 2.05 bits per heavy atom. The number of nitrogens with one attached hydrogen (secondary N) is 1. The number of hydrogen-bond acceptors (Lipinski definition) is 4. The summed E-state index contributed by atoms with van der Waals surface area (Å²) in [5.41, 5.74) is 1.15. The van der Waals surface area contributed by atoms with Crippen molar-refractivity contribution < 1.29 is 4.74 Å². The Kier molecular flexibility index (Phi) is 4.30. The first kappa shape index (κ1) is 15.2. The second-order valence-electron chi connectivity index (χ2n) is 7.18. The minimum absolute atomic E-state index is 0.167. The number of aromatic nitrogens is 2. The van der Waals surface area contributed by atoms with E-state index in [1.54, 1.807) is 6.33 Å². The van der Waals surface area contributed by atoms with Gasteiger partial charge in [-0.1, -0.05) is 32.9 Å². The van der Waals surface area contributed by atoms with Gasteiger partial charge in [-0.2, -0.15) is 0 Å². The summed E-state index contributed by atoms with van der Waals surface area (Å²) in [6.07, 6.45) is 4.27. The monoisotopic (exact) mass is 299 g/mol. The summed E-state index contributed by atoms with van der Waals surface area (Å²) in [6.45, 7) is 8.56. The van der Waals surface area contributed by atoms with Crippen LogP contribution in [0.3, 0.4) is 0 Å². The largest absolute Gasteiger partial charge is 0.377 e. The Morgan fingerprint density at radius 3 is 2.86 bits per heavy atom. The van der Waals surface area contributed by atoms with Crippen molar-refractivity contribution in [2.75, 3.05) is 18.5 Å². The van der Waals surface area contributed by atoms with Gasteiger partial charge in [-0.15, -0.1) is 0 Å². The smallest absolute Gasteiger partial charge is 0.137 e. The third kappa shape index (κ3) is 3.22. The molecule has 1 aromatic carbocycles. The lowest BCUT2D eigenvalue weighted by Gasteiger charge is -2.40. The summed E-state index contributed by atoms with van der Waals surface area (Å²) in [5.74, 6) is 1.44.